The fraction of sp³-hybridized carbons (Fsp3) is 0.167. The van der Waals surface area contributed by atoms with Crippen molar-refractivity contribution in [1.29, 1.82) is 0 Å². The first-order valence-corrected chi connectivity index (χ1v) is 8.27. The minimum absolute atomic E-state index is 0. The Kier molecular flexibility index (Phi) is 16.2. The van der Waals surface area contributed by atoms with Gasteiger partial charge in [-0.3, -0.25) is 4.79 Å². The molecule has 0 aromatic heterocycles. The number of nitrogens with zero attached hydrogens (tertiary/aromatic N) is 1. The Hall–Kier alpha value is -2.09. The maximum atomic E-state index is 9.59. The molecule has 5 N–H and O–H groups in total. The fourth-order valence-corrected chi connectivity index (χ4v) is 1.93. The van der Waals surface area contributed by atoms with Crippen LogP contribution in [0.25, 0.3) is 0 Å². The molecule has 2 aromatic carbocycles. The minimum atomic E-state index is -0.833. The van der Waals surface area contributed by atoms with Crippen LogP contribution in [0.1, 0.15) is 18.1 Å². The summed E-state index contributed by atoms with van der Waals surface area (Å²) in [7, 11) is 0. The maximum Gasteiger partial charge on any atom is 0.300 e. The van der Waals surface area contributed by atoms with Gasteiger partial charge in [0.2, 0.25) is 0 Å². The minimum Gasteiger partial charge on any atom is -0.487 e. The van der Waals surface area contributed by atoms with Gasteiger partial charge in [-0.25, -0.2) is 0 Å². The van der Waals surface area contributed by atoms with E-state index in [1.54, 1.807) is 4.90 Å². The molecular formula is C18H22N2O4S2Zn. The number of carbonyl (C=O) groups is 1. The van der Waals surface area contributed by atoms with Crippen molar-refractivity contribution >= 4 is 40.8 Å². The van der Waals surface area contributed by atoms with E-state index in [9.17, 15) is 5.11 Å². The Bertz CT molecular complexity index is 627. The van der Waals surface area contributed by atoms with Gasteiger partial charge in [-0.15, -0.1) is 0 Å². The second-order valence-corrected chi connectivity index (χ2v) is 5.75. The smallest absolute Gasteiger partial charge is 0.300 e. The molecule has 0 fully saturated rings. The van der Waals surface area contributed by atoms with Crippen molar-refractivity contribution < 1.29 is 39.6 Å². The van der Waals surface area contributed by atoms with Crippen molar-refractivity contribution in [2.24, 2.45) is 5.73 Å². The van der Waals surface area contributed by atoms with Crippen molar-refractivity contribution in [3.8, 4) is 0 Å². The van der Waals surface area contributed by atoms with Crippen LogP contribution in [-0.2, 0) is 37.4 Å². The van der Waals surface area contributed by atoms with E-state index in [-0.39, 0.29) is 24.7 Å². The molecular weight excluding hydrogens is 438 g/mol. The molecule has 27 heavy (non-hydrogen) atoms. The molecule has 9 heteroatoms. The number of aliphatic carboxylic acids is 1. The van der Waals surface area contributed by atoms with Gasteiger partial charge in [0.15, 0.2) is 0 Å². The van der Waals surface area contributed by atoms with Crippen molar-refractivity contribution in [2.45, 2.75) is 20.0 Å². The first kappa shape index (κ1) is 27.1. The molecule has 0 amide bonds. The first-order valence-electron chi connectivity index (χ1n) is 7.46. The number of nitrogens with two attached hydrogens (primary N) is 1. The molecule has 0 spiro atoms. The van der Waals surface area contributed by atoms with Gasteiger partial charge in [0.25, 0.3) is 16.3 Å². The van der Waals surface area contributed by atoms with Crippen LogP contribution in [0, 0.1) is 0 Å². The van der Waals surface area contributed by atoms with Gasteiger partial charge in [0, 0.05) is 39.5 Å². The Labute approximate surface area is 182 Å². The topological polar surface area (TPSA) is 107 Å². The Morgan fingerprint density at radius 3 is 1.37 bits per heavy atom. The normalized spacial score (nSPS) is 8.48. The van der Waals surface area contributed by atoms with Crippen LogP contribution in [0.3, 0.4) is 0 Å². The molecule has 6 nitrogen and oxygen atoms in total. The number of carboxylic acids is 1. The molecule has 2 rings (SSSR count). The third-order valence-electron chi connectivity index (χ3n) is 2.70. The quantitative estimate of drug-likeness (QED) is 0.407. The number of hydrogen-bond acceptors (Lipinski definition) is 3. The van der Waals surface area contributed by atoms with Gasteiger partial charge >= 0.3 is 0 Å². The maximum absolute atomic E-state index is 9.59. The molecule has 0 atom stereocenters. The van der Waals surface area contributed by atoms with Crippen LogP contribution < -0.4 is 5.73 Å². The summed E-state index contributed by atoms with van der Waals surface area (Å²) in [5, 5.41) is 24.0. The Morgan fingerprint density at radius 1 is 0.889 bits per heavy atom. The molecule has 0 aliphatic carbocycles. The average molecular weight is 460 g/mol. The van der Waals surface area contributed by atoms with Crippen molar-refractivity contribution in [3.05, 3.63) is 71.8 Å². The predicted octanol–water partition coefficient (Wildman–Crippen LogP) is 3.41. The van der Waals surface area contributed by atoms with Crippen molar-refractivity contribution in [2.75, 3.05) is 0 Å². The van der Waals surface area contributed by atoms with Gasteiger partial charge in [0.1, 0.15) is 0 Å². The van der Waals surface area contributed by atoms with E-state index in [2.05, 4.69) is 18.0 Å². The van der Waals surface area contributed by atoms with E-state index in [4.69, 9.17) is 27.2 Å². The van der Waals surface area contributed by atoms with Crippen LogP contribution in [0.4, 0.5) is 0 Å². The van der Waals surface area contributed by atoms with E-state index < -0.39 is 11.1 Å². The number of rotatable bonds is 4. The first-order chi connectivity index (χ1) is 12.2. The van der Waals surface area contributed by atoms with E-state index in [0.29, 0.717) is 13.1 Å². The molecule has 0 bridgehead atoms. The summed E-state index contributed by atoms with van der Waals surface area (Å²) in [6, 6.07) is 20.0. The summed E-state index contributed by atoms with van der Waals surface area (Å²) < 4.78 is 0. The zero-order chi connectivity index (χ0) is 19.9. The van der Waals surface area contributed by atoms with E-state index in [1.807, 2.05) is 60.7 Å². The zero-order valence-corrected chi connectivity index (χ0v) is 19.6. The third-order valence-corrected chi connectivity index (χ3v) is 2.96. The summed E-state index contributed by atoms with van der Waals surface area (Å²) in [6.07, 6.45) is 0. The second kappa shape index (κ2) is 16.1. The van der Waals surface area contributed by atoms with Crippen LogP contribution in [0.15, 0.2) is 60.7 Å². The SMILES string of the molecule is CC(=O)O.NC(O)=S.OC(=S)N(Cc1ccccc1)Cc1ccccc1.[Zn]. The van der Waals surface area contributed by atoms with Gasteiger partial charge in [-0.2, -0.15) is 0 Å². The van der Waals surface area contributed by atoms with Crippen LogP contribution in [-0.4, -0.2) is 36.5 Å². The molecule has 0 radical (unpaired) electrons. The number of benzene rings is 2. The van der Waals surface area contributed by atoms with Crippen molar-refractivity contribution in [1.82, 2.24) is 4.90 Å². The summed E-state index contributed by atoms with van der Waals surface area (Å²) in [5.74, 6) is -0.833. The monoisotopic (exact) mass is 458 g/mol. The number of aliphatic hydroxyl groups excluding tert-OH is 2. The van der Waals surface area contributed by atoms with Crippen LogP contribution in [0.2, 0.25) is 0 Å². The van der Waals surface area contributed by atoms with Crippen molar-refractivity contribution in [3.63, 3.8) is 0 Å². The van der Waals surface area contributed by atoms with Crippen LogP contribution >= 0.6 is 24.4 Å². The van der Waals surface area contributed by atoms with E-state index >= 15 is 0 Å². The Morgan fingerprint density at radius 2 is 1.15 bits per heavy atom. The fourth-order valence-electron chi connectivity index (χ4n) is 1.80. The van der Waals surface area contributed by atoms with E-state index in [1.165, 1.54) is 0 Å². The second-order valence-electron chi connectivity index (χ2n) is 4.97. The molecule has 2 aromatic rings. The Balaban J connectivity index is 0. The summed E-state index contributed by atoms with van der Waals surface area (Å²) in [6.45, 7) is 2.32. The molecule has 0 heterocycles. The zero-order valence-electron chi connectivity index (χ0n) is 15.0. The summed E-state index contributed by atoms with van der Waals surface area (Å²) in [4.78, 5) is 10.8. The van der Waals surface area contributed by atoms with Gasteiger partial charge in [-0.1, -0.05) is 60.7 Å². The molecule has 0 saturated carbocycles. The van der Waals surface area contributed by atoms with E-state index in [0.717, 1.165) is 18.1 Å². The van der Waals surface area contributed by atoms with Gasteiger partial charge in [0.05, 0.1) is 0 Å². The average Bonchev–Trinajstić information content (AvgIpc) is 2.55. The molecule has 0 aliphatic rings. The molecule has 0 aliphatic heterocycles. The summed E-state index contributed by atoms with van der Waals surface area (Å²) >= 11 is 8.77. The molecule has 0 unspecified atom stereocenters. The predicted molar refractivity (Wildman–Crippen MR) is 110 cm³/mol. The van der Waals surface area contributed by atoms with Gasteiger partial charge < -0.3 is 26.0 Å². The standard InChI is InChI=1S/C15H15NOS.C2H4O2.CH3NOS.Zn/c17-15(18)16(11-13-7-3-1-4-8-13)12-14-9-5-2-6-10-14;1-2(3)4;2-1(3)4;/h1-10H,11-12H2,(H,17,18);1H3,(H,3,4);(H3,2,3,4);. The third kappa shape index (κ3) is 17.1. The number of carboxylic acid groups (broad SMARTS) is 1. The largest absolute Gasteiger partial charge is 0.487 e. The van der Waals surface area contributed by atoms with Crippen LogP contribution in [0.5, 0.6) is 0 Å². The number of aliphatic hydroxyl groups is 2. The summed E-state index contributed by atoms with van der Waals surface area (Å²) in [5.41, 5.74) is 6.66. The van der Waals surface area contributed by atoms with Gasteiger partial charge in [-0.05, 0) is 35.6 Å². The molecule has 0 saturated heterocycles. The number of hydrogen-bond donors (Lipinski definition) is 4. The number of thiocarbonyl (C=S) groups is 2. The molecule has 142 valence electrons.